The van der Waals surface area contributed by atoms with Gasteiger partial charge in [0.1, 0.15) is 5.75 Å². The van der Waals surface area contributed by atoms with Crippen LogP contribution in [-0.4, -0.2) is 16.3 Å². The summed E-state index contributed by atoms with van der Waals surface area (Å²) in [6.07, 6.45) is 0.767. The van der Waals surface area contributed by atoms with Crippen LogP contribution in [0.4, 0.5) is 0 Å². The van der Waals surface area contributed by atoms with Crippen molar-refractivity contribution in [2.75, 3.05) is 6.54 Å². The second-order valence-corrected chi connectivity index (χ2v) is 5.01. The molecular weight excluding hydrogens is 294 g/mol. The lowest BCUT2D eigenvalue weighted by atomic mass is 10.2. The van der Waals surface area contributed by atoms with Gasteiger partial charge in [0, 0.05) is 17.1 Å². The molecule has 2 aromatic rings. The summed E-state index contributed by atoms with van der Waals surface area (Å²) in [7, 11) is 1.88. The zero-order valence-corrected chi connectivity index (χ0v) is 12.1. The minimum Gasteiger partial charge on any atom is -0.439 e. The van der Waals surface area contributed by atoms with Gasteiger partial charge < -0.3 is 10.5 Å². The van der Waals surface area contributed by atoms with Crippen molar-refractivity contribution in [2.45, 2.75) is 13.3 Å². The molecule has 2 rings (SSSR count). The van der Waals surface area contributed by atoms with Crippen molar-refractivity contribution in [1.29, 1.82) is 0 Å². The van der Waals surface area contributed by atoms with Crippen LogP contribution in [0, 0.1) is 6.92 Å². The van der Waals surface area contributed by atoms with Crippen LogP contribution in [0.15, 0.2) is 28.7 Å². The molecule has 0 aliphatic rings. The number of benzene rings is 1. The van der Waals surface area contributed by atoms with Crippen molar-refractivity contribution in [2.24, 2.45) is 12.8 Å². The molecule has 1 heterocycles. The molecule has 1 aromatic carbocycles. The molecule has 0 radical (unpaired) electrons. The van der Waals surface area contributed by atoms with E-state index < -0.39 is 0 Å². The molecule has 0 spiro atoms. The Balaban J connectivity index is 2.33. The predicted octanol–water partition coefficient (Wildman–Crippen LogP) is 2.78. The molecule has 0 unspecified atom stereocenters. The zero-order chi connectivity index (χ0) is 13.1. The number of hydrogen-bond acceptors (Lipinski definition) is 3. The van der Waals surface area contributed by atoms with Gasteiger partial charge in [-0.05, 0) is 38.1 Å². The molecule has 0 atom stereocenters. The fourth-order valence-electron chi connectivity index (χ4n) is 1.88. The number of hydrogen-bond donors (Lipinski definition) is 1. The van der Waals surface area contributed by atoms with Crippen LogP contribution < -0.4 is 10.5 Å². The maximum Gasteiger partial charge on any atom is 0.221 e. The molecule has 5 heteroatoms. The highest BCUT2D eigenvalue weighted by Crippen LogP contribution is 2.28. The first-order valence-corrected chi connectivity index (χ1v) is 6.57. The Labute approximate surface area is 115 Å². The van der Waals surface area contributed by atoms with Gasteiger partial charge in [-0.2, -0.15) is 5.10 Å². The first-order chi connectivity index (χ1) is 8.61. The topological polar surface area (TPSA) is 53.1 Å². The maximum absolute atomic E-state index is 5.91. The van der Waals surface area contributed by atoms with E-state index in [-0.39, 0.29) is 0 Å². The largest absolute Gasteiger partial charge is 0.439 e. The number of ether oxygens (including phenoxy) is 1. The summed E-state index contributed by atoms with van der Waals surface area (Å²) >= 11 is 3.43. The second-order valence-electron chi connectivity index (χ2n) is 4.09. The third-order valence-corrected chi connectivity index (χ3v) is 3.19. The van der Waals surface area contributed by atoms with Gasteiger partial charge in [-0.25, -0.2) is 4.68 Å². The van der Waals surface area contributed by atoms with Crippen LogP contribution in [0.1, 0.15) is 11.3 Å². The van der Waals surface area contributed by atoms with Crippen molar-refractivity contribution >= 4 is 15.9 Å². The third kappa shape index (κ3) is 2.73. The van der Waals surface area contributed by atoms with Crippen molar-refractivity contribution in [1.82, 2.24) is 9.78 Å². The summed E-state index contributed by atoms with van der Waals surface area (Å²) in [6.45, 7) is 2.56. The van der Waals surface area contributed by atoms with E-state index in [9.17, 15) is 0 Å². The van der Waals surface area contributed by atoms with Crippen molar-refractivity contribution < 1.29 is 4.74 Å². The van der Waals surface area contributed by atoms with E-state index in [1.54, 1.807) is 4.68 Å². The van der Waals surface area contributed by atoms with Crippen LogP contribution in [0.25, 0.3) is 0 Å². The molecule has 0 amide bonds. The summed E-state index contributed by atoms with van der Waals surface area (Å²) in [4.78, 5) is 0. The molecule has 0 saturated carbocycles. The summed E-state index contributed by atoms with van der Waals surface area (Å²) < 4.78 is 8.65. The number of halogens is 1. The summed E-state index contributed by atoms with van der Waals surface area (Å²) in [5, 5.41) is 4.37. The van der Waals surface area contributed by atoms with Crippen LogP contribution >= 0.6 is 15.9 Å². The Morgan fingerprint density at radius 3 is 2.89 bits per heavy atom. The zero-order valence-electron chi connectivity index (χ0n) is 10.5. The molecule has 0 saturated heterocycles. The molecule has 0 aliphatic carbocycles. The minimum absolute atomic E-state index is 0.585. The number of nitrogens with two attached hydrogens (primary N) is 1. The number of aromatic nitrogens is 2. The highest BCUT2D eigenvalue weighted by molar-refractivity contribution is 9.10. The Kier molecular flexibility index (Phi) is 4.04. The highest BCUT2D eigenvalue weighted by atomic mass is 79.9. The van der Waals surface area contributed by atoms with E-state index in [1.807, 2.05) is 38.2 Å². The molecule has 96 valence electrons. The van der Waals surface area contributed by atoms with E-state index in [1.165, 1.54) is 0 Å². The highest BCUT2D eigenvalue weighted by Gasteiger charge is 2.14. The fraction of sp³-hybridized carbons (Fsp3) is 0.308. The average Bonchev–Trinajstić information content (AvgIpc) is 2.57. The smallest absolute Gasteiger partial charge is 0.221 e. The van der Waals surface area contributed by atoms with E-state index in [4.69, 9.17) is 10.5 Å². The molecule has 18 heavy (non-hydrogen) atoms. The van der Waals surface area contributed by atoms with Gasteiger partial charge >= 0.3 is 0 Å². The number of rotatable bonds is 4. The Morgan fingerprint density at radius 1 is 1.44 bits per heavy atom. The normalized spacial score (nSPS) is 10.7. The Hall–Kier alpha value is -1.33. The summed E-state index contributed by atoms with van der Waals surface area (Å²) in [5.74, 6) is 1.54. The lowest BCUT2D eigenvalue weighted by Gasteiger charge is -2.08. The van der Waals surface area contributed by atoms with E-state index >= 15 is 0 Å². The van der Waals surface area contributed by atoms with Gasteiger partial charge in [0.15, 0.2) is 0 Å². The summed E-state index contributed by atoms with van der Waals surface area (Å²) in [5.41, 5.74) is 7.66. The Morgan fingerprint density at radius 2 is 2.22 bits per heavy atom. The molecular formula is C13H16BrN3O. The van der Waals surface area contributed by atoms with Gasteiger partial charge in [-0.15, -0.1) is 0 Å². The Bertz CT molecular complexity index is 551. The van der Waals surface area contributed by atoms with Gasteiger partial charge in [0.2, 0.25) is 5.88 Å². The van der Waals surface area contributed by atoms with Crippen LogP contribution in [0.3, 0.4) is 0 Å². The lowest BCUT2D eigenvalue weighted by Crippen LogP contribution is -2.04. The van der Waals surface area contributed by atoms with Gasteiger partial charge in [-0.1, -0.05) is 22.0 Å². The summed E-state index contributed by atoms with van der Waals surface area (Å²) in [6, 6.07) is 7.74. The molecule has 0 aliphatic heterocycles. The average molecular weight is 310 g/mol. The SMILES string of the molecule is Cc1nn(C)c(Oc2cccc(Br)c2)c1CCN. The first-order valence-electron chi connectivity index (χ1n) is 5.77. The van der Waals surface area contributed by atoms with E-state index in [0.29, 0.717) is 6.54 Å². The van der Waals surface area contributed by atoms with E-state index in [0.717, 1.165) is 33.8 Å². The fourth-order valence-corrected chi connectivity index (χ4v) is 2.26. The molecule has 2 N–H and O–H groups in total. The van der Waals surface area contributed by atoms with Crippen molar-refractivity contribution in [3.8, 4) is 11.6 Å². The number of nitrogens with zero attached hydrogens (tertiary/aromatic N) is 2. The number of aryl methyl sites for hydroxylation is 2. The van der Waals surface area contributed by atoms with E-state index in [2.05, 4.69) is 21.0 Å². The molecule has 0 bridgehead atoms. The first kappa shape index (κ1) is 13.1. The van der Waals surface area contributed by atoms with Gasteiger partial charge in [0.05, 0.1) is 5.69 Å². The lowest BCUT2D eigenvalue weighted by molar-refractivity contribution is 0.425. The molecule has 4 nitrogen and oxygen atoms in total. The van der Waals surface area contributed by atoms with Crippen LogP contribution in [0.2, 0.25) is 0 Å². The van der Waals surface area contributed by atoms with Gasteiger partial charge in [-0.3, -0.25) is 0 Å². The predicted molar refractivity (Wildman–Crippen MR) is 74.9 cm³/mol. The van der Waals surface area contributed by atoms with Crippen molar-refractivity contribution in [3.63, 3.8) is 0 Å². The quantitative estimate of drug-likeness (QED) is 0.945. The molecule has 1 aromatic heterocycles. The maximum atomic E-state index is 5.91. The third-order valence-electron chi connectivity index (χ3n) is 2.69. The monoisotopic (exact) mass is 309 g/mol. The minimum atomic E-state index is 0.585. The van der Waals surface area contributed by atoms with Gasteiger partial charge in [0.25, 0.3) is 0 Å². The standard InChI is InChI=1S/C13H16BrN3O/c1-9-12(6-7-15)13(17(2)16-9)18-11-5-3-4-10(14)8-11/h3-5,8H,6-7,15H2,1-2H3. The molecule has 0 fully saturated rings. The van der Waals surface area contributed by atoms with Crippen LogP contribution in [0.5, 0.6) is 11.6 Å². The van der Waals surface area contributed by atoms with Crippen LogP contribution in [-0.2, 0) is 13.5 Å². The second kappa shape index (κ2) is 5.54. The van der Waals surface area contributed by atoms with Crippen molar-refractivity contribution in [3.05, 3.63) is 40.0 Å².